The summed E-state index contributed by atoms with van der Waals surface area (Å²) in [5.74, 6) is 0.676. The lowest BCUT2D eigenvalue weighted by Crippen LogP contribution is -2.27. The normalized spacial score (nSPS) is 14.1. The van der Waals surface area contributed by atoms with E-state index in [-0.39, 0.29) is 0 Å². The number of fused-ring (bicyclic) bond motifs is 4. The Balaban J connectivity index is 1.52. The monoisotopic (exact) mass is 467 g/mol. The van der Waals surface area contributed by atoms with Crippen molar-refractivity contribution in [2.45, 2.75) is 26.7 Å². The summed E-state index contributed by atoms with van der Waals surface area (Å²) in [4.78, 5) is 20.7. The van der Waals surface area contributed by atoms with Crippen LogP contribution < -0.4 is 4.74 Å². The Labute approximate surface area is 201 Å². The van der Waals surface area contributed by atoms with E-state index in [1.165, 1.54) is 27.7 Å². The zero-order valence-corrected chi connectivity index (χ0v) is 19.8. The van der Waals surface area contributed by atoms with Crippen LogP contribution in [0.15, 0.2) is 49.1 Å². The van der Waals surface area contributed by atoms with E-state index < -0.39 is 6.09 Å². The summed E-state index contributed by atoms with van der Waals surface area (Å²) in [6.07, 6.45) is 6.05. The number of pyridine rings is 1. The van der Waals surface area contributed by atoms with Crippen molar-refractivity contribution in [3.63, 3.8) is 0 Å². The van der Waals surface area contributed by atoms with Crippen molar-refractivity contribution in [2.75, 3.05) is 13.7 Å². The zero-order valence-electron chi connectivity index (χ0n) is 19.8. The summed E-state index contributed by atoms with van der Waals surface area (Å²) in [5, 5.41) is 16.0. The molecule has 1 aliphatic heterocycles. The lowest BCUT2D eigenvalue weighted by atomic mass is 9.93. The highest BCUT2D eigenvalue weighted by Gasteiger charge is 2.19. The second-order valence-electron chi connectivity index (χ2n) is 9.04. The number of aryl methyl sites for hydroxylation is 1. The first-order valence-corrected chi connectivity index (χ1v) is 11.6. The van der Waals surface area contributed by atoms with Crippen LogP contribution >= 0.6 is 0 Å². The van der Waals surface area contributed by atoms with Gasteiger partial charge in [0.15, 0.2) is 11.4 Å². The predicted octanol–water partition coefficient (Wildman–Crippen LogP) is 5.77. The van der Waals surface area contributed by atoms with E-state index in [1.807, 2.05) is 12.3 Å². The van der Waals surface area contributed by atoms with Gasteiger partial charge in [-0.05, 0) is 78.8 Å². The molecule has 0 unspecified atom stereocenters. The fourth-order valence-corrected chi connectivity index (χ4v) is 5.19. The molecule has 0 fully saturated rings. The number of allylic oxidation sites excluding steroid dienone is 1. The van der Waals surface area contributed by atoms with E-state index in [0.29, 0.717) is 17.9 Å². The smallest absolute Gasteiger partial charge is 0.411 e. The lowest BCUT2D eigenvalue weighted by molar-refractivity contribution is 0.161. The van der Waals surface area contributed by atoms with Crippen LogP contribution in [0.25, 0.3) is 44.2 Å². The van der Waals surface area contributed by atoms with Gasteiger partial charge in [-0.3, -0.25) is 4.90 Å². The number of carboxylic acid groups (broad SMARTS) is 1. The summed E-state index contributed by atoms with van der Waals surface area (Å²) in [6.45, 7) is 4.83. The number of carbonyl (C=O) groups is 1. The van der Waals surface area contributed by atoms with Crippen LogP contribution in [0.3, 0.4) is 0 Å². The molecule has 2 N–H and O–H groups in total. The summed E-state index contributed by atoms with van der Waals surface area (Å²) < 4.78 is 7.31. The van der Waals surface area contributed by atoms with Gasteiger partial charge in [0, 0.05) is 46.3 Å². The fourth-order valence-electron chi connectivity index (χ4n) is 5.19. The SMILES string of the molecule is COc1cc(-c2cc3[nH]c4ccc(C5=CN(C(=O)O)CCC5)cc4c3c(C)c2C)cn2ncnc12. The van der Waals surface area contributed by atoms with Gasteiger partial charge in [0.1, 0.15) is 6.33 Å². The molecule has 0 saturated heterocycles. The molecule has 8 nitrogen and oxygen atoms in total. The van der Waals surface area contributed by atoms with E-state index in [9.17, 15) is 9.90 Å². The highest BCUT2D eigenvalue weighted by Crippen LogP contribution is 2.38. The van der Waals surface area contributed by atoms with Crippen LogP contribution in [0.5, 0.6) is 5.75 Å². The van der Waals surface area contributed by atoms with E-state index >= 15 is 0 Å². The largest absolute Gasteiger partial charge is 0.493 e. The van der Waals surface area contributed by atoms with Gasteiger partial charge < -0.3 is 14.8 Å². The number of amides is 1. The van der Waals surface area contributed by atoms with Crippen molar-refractivity contribution in [3.05, 3.63) is 65.7 Å². The topological polar surface area (TPSA) is 95.8 Å². The number of H-pyrrole nitrogens is 1. The zero-order chi connectivity index (χ0) is 24.3. The first-order valence-electron chi connectivity index (χ1n) is 11.6. The molecule has 4 heterocycles. The highest BCUT2D eigenvalue weighted by atomic mass is 16.5. The Morgan fingerprint density at radius 1 is 1.11 bits per heavy atom. The van der Waals surface area contributed by atoms with Gasteiger partial charge in [0.05, 0.1) is 7.11 Å². The van der Waals surface area contributed by atoms with Gasteiger partial charge in [-0.1, -0.05) is 6.07 Å². The molecule has 0 radical (unpaired) electrons. The number of rotatable bonds is 3. The molecule has 3 aromatic heterocycles. The average Bonchev–Trinajstić information content (AvgIpc) is 3.49. The molecule has 0 bridgehead atoms. The molecule has 5 aromatic rings. The Morgan fingerprint density at radius 3 is 2.77 bits per heavy atom. The molecule has 35 heavy (non-hydrogen) atoms. The van der Waals surface area contributed by atoms with Crippen LogP contribution in [-0.4, -0.2) is 49.3 Å². The third-order valence-corrected chi connectivity index (χ3v) is 7.10. The first-order chi connectivity index (χ1) is 16.9. The molecular formula is C27H25N5O3. The maximum atomic E-state index is 11.5. The fraction of sp³-hybridized carbons (Fsp3) is 0.222. The van der Waals surface area contributed by atoms with E-state index in [1.54, 1.807) is 17.8 Å². The van der Waals surface area contributed by atoms with Gasteiger partial charge in [-0.2, -0.15) is 5.10 Å². The summed E-state index contributed by atoms with van der Waals surface area (Å²) in [6, 6.07) is 10.5. The van der Waals surface area contributed by atoms with Crippen LogP contribution in [0.4, 0.5) is 4.79 Å². The number of ether oxygens (including phenoxy) is 1. The predicted molar refractivity (Wildman–Crippen MR) is 136 cm³/mol. The highest BCUT2D eigenvalue weighted by molar-refractivity contribution is 6.11. The van der Waals surface area contributed by atoms with Crippen LogP contribution in [-0.2, 0) is 0 Å². The Kier molecular flexibility index (Phi) is 4.77. The minimum atomic E-state index is -0.907. The van der Waals surface area contributed by atoms with Gasteiger partial charge in [-0.15, -0.1) is 0 Å². The quantitative estimate of drug-likeness (QED) is 0.351. The van der Waals surface area contributed by atoms with Gasteiger partial charge >= 0.3 is 6.09 Å². The molecule has 0 spiro atoms. The van der Waals surface area contributed by atoms with E-state index in [4.69, 9.17) is 4.74 Å². The van der Waals surface area contributed by atoms with Crippen molar-refractivity contribution in [1.29, 1.82) is 0 Å². The van der Waals surface area contributed by atoms with Crippen molar-refractivity contribution in [1.82, 2.24) is 24.5 Å². The number of aromatic amines is 1. The Morgan fingerprint density at radius 2 is 1.97 bits per heavy atom. The van der Waals surface area contributed by atoms with Crippen molar-refractivity contribution >= 4 is 39.1 Å². The van der Waals surface area contributed by atoms with Gasteiger partial charge in [0.25, 0.3) is 0 Å². The number of hydrogen-bond donors (Lipinski definition) is 2. The standard InChI is InChI=1S/C27H25N5O3/c1-15-16(2)25-21-9-17(18-5-4-8-31(12-18)27(33)34)6-7-22(21)30-23(25)11-20(15)19-10-24(35-3)26-28-14-29-32(26)13-19/h6-7,9-14,30H,4-5,8H2,1-3H3,(H,33,34). The maximum absolute atomic E-state index is 11.5. The third-order valence-electron chi connectivity index (χ3n) is 7.10. The molecule has 1 amide bonds. The number of nitrogens with zero attached hydrogens (tertiary/aromatic N) is 4. The van der Waals surface area contributed by atoms with Crippen molar-refractivity contribution < 1.29 is 14.6 Å². The van der Waals surface area contributed by atoms with E-state index in [2.05, 4.69) is 53.2 Å². The molecule has 0 aliphatic carbocycles. The second-order valence-corrected chi connectivity index (χ2v) is 9.04. The Hall–Kier alpha value is -4.33. The molecule has 0 saturated carbocycles. The van der Waals surface area contributed by atoms with Crippen LogP contribution in [0, 0.1) is 13.8 Å². The first kappa shape index (κ1) is 21.2. The number of aromatic nitrogens is 4. The summed E-state index contributed by atoms with van der Waals surface area (Å²) in [5.41, 5.74) is 9.39. The number of methoxy groups -OCH3 is 1. The molecule has 2 aromatic carbocycles. The van der Waals surface area contributed by atoms with Crippen LogP contribution in [0.2, 0.25) is 0 Å². The van der Waals surface area contributed by atoms with Crippen molar-refractivity contribution in [3.8, 4) is 16.9 Å². The van der Waals surface area contributed by atoms with Gasteiger partial charge in [0.2, 0.25) is 0 Å². The molecule has 6 rings (SSSR count). The van der Waals surface area contributed by atoms with Crippen LogP contribution in [0.1, 0.15) is 29.5 Å². The molecule has 1 aliphatic rings. The second kappa shape index (κ2) is 7.87. The van der Waals surface area contributed by atoms with Crippen molar-refractivity contribution in [2.24, 2.45) is 0 Å². The Bertz CT molecular complexity index is 1680. The molecule has 176 valence electrons. The average molecular weight is 468 g/mol. The van der Waals surface area contributed by atoms with E-state index in [0.717, 1.165) is 51.5 Å². The minimum Gasteiger partial charge on any atom is -0.493 e. The summed E-state index contributed by atoms with van der Waals surface area (Å²) in [7, 11) is 1.64. The minimum absolute atomic E-state index is 0.542. The maximum Gasteiger partial charge on any atom is 0.411 e. The molecule has 8 heteroatoms. The van der Waals surface area contributed by atoms with Gasteiger partial charge in [-0.25, -0.2) is 14.3 Å². The third kappa shape index (κ3) is 3.32. The molecular weight excluding hydrogens is 442 g/mol. The summed E-state index contributed by atoms with van der Waals surface area (Å²) >= 11 is 0. The number of benzene rings is 2. The number of hydrogen-bond acceptors (Lipinski definition) is 4. The lowest BCUT2D eigenvalue weighted by Gasteiger charge is -2.22. The molecule has 0 atom stereocenters. The number of nitrogens with one attached hydrogen (secondary N) is 1.